The summed E-state index contributed by atoms with van der Waals surface area (Å²) < 4.78 is 16.1. The highest BCUT2D eigenvalue weighted by atomic mass is 16.5. The van der Waals surface area contributed by atoms with Gasteiger partial charge in [-0.2, -0.15) is 5.26 Å². The minimum Gasteiger partial charge on any atom is -0.493 e. The Kier molecular flexibility index (Phi) is 6.51. The normalized spacial score (nSPS) is 9.82. The van der Waals surface area contributed by atoms with Gasteiger partial charge in [0, 0.05) is 26.1 Å². The van der Waals surface area contributed by atoms with Crippen molar-refractivity contribution in [1.29, 1.82) is 5.26 Å². The first-order valence-corrected chi connectivity index (χ1v) is 6.89. The summed E-state index contributed by atoms with van der Waals surface area (Å²) in [5.74, 6) is 1.51. The second-order valence-corrected chi connectivity index (χ2v) is 4.81. The number of benzene rings is 1. The van der Waals surface area contributed by atoms with Gasteiger partial charge in [-0.3, -0.25) is 4.79 Å². The number of likely N-dealkylation sites (N-methyl/N-ethyl adjacent to an activating group) is 1. The zero-order valence-corrected chi connectivity index (χ0v) is 13.7. The summed E-state index contributed by atoms with van der Waals surface area (Å²) in [6.45, 7) is 2.07. The molecule has 6 heteroatoms. The maximum absolute atomic E-state index is 11.3. The first-order valence-electron chi connectivity index (χ1n) is 6.89. The van der Waals surface area contributed by atoms with Crippen LogP contribution in [0.2, 0.25) is 0 Å². The van der Waals surface area contributed by atoms with Crippen LogP contribution >= 0.6 is 0 Å². The van der Waals surface area contributed by atoms with E-state index in [1.807, 2.05) is 6.07 Å². The topological polar surface area (TPSA) is 71.8 Å². The lowest BCUT2D eigenvalue weighted by Gasteiger charge is -2.20. The molecule has 0 heterocycles. The van der Waals surface area contributed by atoms with Gasteiger partial charge in [0.05, 0.1) is 33.8 Å². The summed E-state index contributed by atoms with van der Waals surface area (Å²) in [6, 6.07) is 3.98. The smallest absolute Gasteiger partial charge is 0.219 e. The number of rotatable bonds is 7. The third-order valence-electron chi connectivity index (χ3n) is 3.54. The van der Waals surface area contributed by atoms with Crippen LogP contribution in [0.1, 0.15) is 18.1 Å². The van der Waals surface area contributed by atoms with Gasteiger partial charge in [-0.25, -0.2) is 0 Å². The van der Waals surface area contributed by atoms with Crippen molar-refractivity contribution in [3.63, 3.8) is 0 Å². The van der Waals surface area contributed by atoms with Gasteiger partial charge in [-0.1, -0.05) is 0 Å². The molecule has 0 N–H and O–H groups in total. The number of hydrogen-bond donors (Lipinski definition) is 0. The molecule has 0 saturated carbocycles. The summed E-state index contributed by atoms with van der Waals surface area (Å²) in [7, 11) is 6.35. The van der Waals surface area contributed by atoms with Crippen LogP contribution in [0, 0.1) is 11.3 Å². The van der Waals surface area contributed by atoms with Crippen molar-refractivity contribution in [2.75, 3.05) is 34.9 Å². The lowest BCUT2D eigenvalue weighted by Crippen LogP contribution is -2.26. The number of carbonyl (C=O) groups excluding carboxylic acids is 1. The highest BCUT2D eigenvalue weighted by molar-refractivity contribution is 5.72. The van der Waals surface area contributed by atoms with Gasteiger partial charge >= 0.3 is 0 Å². The fourth-order valence-corrected chi connectivity index (χ4v) is 2.21. The quantitative estimate of drug-likeness (QED) is 0.768. The largest absolute Gasteiger partial charge is 0.493 e. The van der Waals surface area contributed by atoms with E-state index in [-0.39, 0.29) is 12.3 Å². The lowest BCUT2D eigenvalue weighted by molar-refractivity contribution is -0.127. The molecule has 0 aromatic heterocycles. The second-order valence-electron chi connectivity index (χ2n) is 4.81. The predicted octanol–water partition coefficient (Wildman–Crippen LogP) is 1.80. The highest BCUT2D eigenvalue weighted by Crippen LogP contribution is 2.42. The van der Waals surface area contributed by atoms with Crippen LogP contribution in [-0.2, 0) is 17.6 Å². The summed E-state index contributed by atoms with van der Waals surface area (Å²) >= 11 is 0. The zero-order valence-electron chi connectivity index (χ0n) is 13.7. The van der Waals surface area contributed by atoms with Crippen LogP contribution in [0.15, 0.2) is 6.07 Å². The molecule has 120 valence electrons. The summed E-state index contributed by atoms with van der Waals surface area (Å²) in [5, 5.41) is 9.08. The van der Waals surface area contributed by atoms with Gasteiger partial charge in [0.2, 0.25) is 11.7 Å². The van der Waals surface area contributed by atoms with Crippen LogP contribution in [-0.4, -0.2) is 45.7 Å². The summed E-state index contributed by atoms with van der Waals surface area (Å²) in [4.78, 5) is 13.0. The van der Waals surface area contributed by atoms with Crippen molar-refractivity contribution in [2.45, 2.75) is 19.8 Å². The van der Waals surface area contributed by atoms with E-state index in [1.165, 1.54) is 21.1 Å². The molecule has 0 saturated heterocycles. The molecular formula is C16H22N2O4. The number of ether oxygens (including phenoxy) is 3. The third-order valence-corrected chi connectivity index (χ3v) is 3.54. The van der Waals surface area contributed by atoms with E-state index in [0.29, 0.717) is 30.2 Å². The third kappa shape index (κ3) is 3.82. The number of carbonyl (C=O) groups is 1. The van der Waals surface area contributed by atoms with Crippen molar-refractivity contribution < 1.29 is 19.0 Å². The van der Waals surface area contributed by atoms with Crippen LogP contribution < -0.4 is 14.2 Å². The Balaban J connectivity index is 3.29. The van der Waals surface area contributed by atoms with Gasteiger partial charge in [0.25, 0.3) is 0 Å². The lowest BCUT2D eigenvalue weighted by atomic mass is 9.99. The molecule has 0 aliphatic carbocycles. The molecule has 0 aliphatic rings. The van der Waals surface area contributed by atoms with Crippen LogP contribution in [0.5, 0.6) is 17.2 Å². The van der Waals surface area contributed by atoms with Gasteiger partial charge in [-0.15, -0.1) is 0 Å². The Morgan fingerprint density at radius 3 is 2.32 bits per heavy atom. The van der Waals surface area contributed by atoms with Crippen molar-refractivity contribution in [2.24, 2.45) is 0 Å². The van der Waals surface area contributed by atoms with E-state index in [4.69, 9.17) is 19.5 Å². The number of hydrogen-bond acceptors (Lipinski definition) is 5. The minimum atomic E-state index is -0.00530. The molecule has 0 unspecified atom stereocenters. The van der Waals surface area contributed by atoms with E-state index < -0.39 is 0 Å². The molecule has 1 rings (SSSR count). The Bertz CT molecular complexity index is 578. The summed E-state index contributed by atoms with van der Waals surface area (Å²) in [6.07, 6.45) is 0.798. The van der Waals surface area contributed by atoms with Gasteiger partial charge in [0.15, 0.2) is 11.5 Å². The van der Waals surface area contributed by atoms with Crippen molar-refractivity contribution in [3.05, 3.63) is 17.2 Å². The Morgan fingerprint density at radius 1 is 1.23 bits per heavy atom. The van der Waals surface area contributed by atoms with Gasteiger partial charge < -0.3 is 19.1 Å². The molecule has 0 radical (unpaired) electrons. The van der Waals surface area contributed by atoms with E-state index in [1.54, 1.807) is 19.1 Å². The molecule has 0 bridgehead atoms. The van der Waals surface area contributed by atoms with Crippen LogP contribution in [0.4, 0.5) is 0 Å². The average Bonchev–Trinajstić information content (AvgIpc) is 2.52. The molecule has 0 atom stereocenters. The fraction of sp³-hybridized carbons (Fsp3) is 0.500. The first-order chi connectivity index (χ1) is 10.5. The molecule has 1 amide bonds. The van der Waals surface area contributed by atoms with Crippen molar-refractivity contribution >= 4 is 5.91 Å². The Labute approximate surface area is 131 Å². The zero-order chi connectivity index (χ0) is 16.7. The number of nitriles is 1. The average molecular weight is 306 g/mol. The molecule has 1 aromatic carbocycles. The Morgan fingerprint density at radius 2 is 1.86 bits per heavy atom. The van der Waals surface area contributed by atoms with E-state index in [2.05, 4.69) is 6.07 Å². The molecule has 0 aliphatic heterocycles. The fourth-order valence-electron chi connectivity index (χ4n) is 2.21. The predicted molar refractivity (Wildman–Crippen MR) is 82.4 cm³/mol. The van der Waals surface area contributed by atoms with Crippen molar-refractivity contribution in [1.82, 2.24) is 4.90 Å². The first kappa shape index (κ1) is 17.6. The van der Waals surface area contributed by atoms with Gasteiger partial charge in [0.1, 0.15) is 0 Å². The number of nitrogens with zero attached hydrogens (tertiary/aromatic N) is 2. The number of amides is 1. The van der Waals surface area contributed by atoms with E-state index in [0.717, 1.165) is 11.1 Å². The van der Waals surface area contributed by atoms with Crippen LogP contribution in [0.3, 0.4) is 0 Å². The SMILES string of the molecule is COc1cc(CCN(C)C(C)=O)c(CC#N)c(OC)c1OC. The second kappa shape index (κ2) is 8.13. The maximum Gasteiger partial charge on any atom is 0.219 e. The molecule has 0 fully saturated rings. The molecular weight excluding hydrogens is 284 g/mol. The minimum absolute atomic E-state index is 0.00530. The van der Waals surface area contributed by atoms with Gasteiger partial charge in [-0.05, 0) is 18.1 Å². The molecule has 22 heavy (non-hydrogen) atoms. The number of methoxy groups -OCH3 is 3. The highest BCUT2D eigenvalue weighted by Gasteiger charge is 2.20. The van der Waals surface area contributed by atoms with E-state index in [9.17, 15) is 4.79 Å². The maximum atomic E-state index is 11.3. The molecule has 1 aromatic rings. The monoisotopic (exact) mass is 306 g/mol. The van der Waals surface area contributed by atoms with Crippen LogP contribution in [0.25, 0.3) is 0 Å². The van der Waals surface area contributed by atoms with E-state index >= 15 is 0 Å². The standard InChI is InChI=1S/C16H22N2O4/c1-11(19)18(2)9-7-12-10-14(20-3)16(22-5)15(21-4)13(12)6-8-17/h10H,6-7,9H2,1-5H3. The van der Waals surface area contributed by atoms with Crippen molar-refractivity contribution in [3.8, 4) is 23.3 Å². The molecule has 6 nitrogen and oxygen atoms in total. The Hall–Kier alpha value is -2.42. The summed E-state index contributed by atoms with van der Waals surface area (Å²) in [5.41, 5.74) is 1.67. The molecule has 0 spiro atoms.